The molecule has 0 heterocycles. The zero-order valence-corrected chi connectivity index (χ0v) is 28.3. The van der Waals surface area contributed by atoms with E-state index in [1.54, 1.807) is 24.3 Å². The largest absolute Gasteiger partial charge is 0.508 e. The lowest BCUT2D eigenvalue weighted by Gasteiger charge is -2.29. The van der Waals surface area contributed by atoms with Gasteiger partial charge in [0.2, 0.25) is 0 Å². The lowest BCUT2D eigenvalue weighted by atomic mass is 9.74. The van der Waals surface area contributed by atoms with Crippen LogP contribution in [-0.2, 0) is 10.8 Å². The third kappa shape index (κ3) is 7.02. The van der Waals surface area contributed by atoms with Crippen molar-refractivity contribution in [3.8, 4) is 23.0 Å². The maximum absolute atomic E-state index is 9.85. The van der Waals surface area contributed by atoms with E-state index in [1.165, 1.54) is 0 Å². The van der Waals surface area contributed by atoms with Gasteiger partial charge in [-0.05, 0) is 141 Å². The summed E-state index contributed by atoms with van der Waals surface area (Å²) in [5, 5.41) is 38.4. The number of halogens is 4. The monoisotopic (exact) mass is 782 g/mol. The quantitative estimate of drug-likeness (QED) is 0.162. The highest BCUT2D eigenvalue weighted by Crippen LogP contribution is 2.43. The smallest absolute Gasteiger partial charge is 0.143 e. The van der Waals surface area contributed by atoms with Crippen LogP contribution in [0.25, 0.3) is 0 Å². The molecule has 0 spiro atoms. The van der Waals surface area contributed by atoms with Gasteiger partial charge < -0.3 is 20.4 Å². The Morgan fingerprint density at radius 3 is 1.05 bits per heavy atom. The Hall–Kier alpha value is -2.00. The maximum atomic E-state index is 9.85. The minimum absolute atomic E-state index is 0.110. The fourth-order valence-corrected chi connectivity index (χ4v) is 6.63. The molecule has 4 nitrogen and oxygen atoms in total. The van der Waals surface area contributed by atoms with Crippen LogP contribution in [0.15, 0.2) is 90.7 Å². The fraction of sp³-hybridized carbons (Fsp3) is 0.226. The fourth-order valence-electron chi connectivity index (χ4n) is 4.25. The van der Waals surface area contributed by atoms with Crippen LogP contribution < -0.4 is 0 Å². The molecule has 0 aliphatic rings. The first-order valence-electron chi connectivity index (χ1n) is 12.2. The Bertz CT molecular complexity index is 1300. The van der Waals surface area contributed by atoms with Crippen molar-refractivity contribution in [1.82, 2.24) is 0 Å². The van der Waals surface area contributed by atoms with Gasteiger partial charge in [0, 0.05) is 10.8 Å². The van der Waals surface area contributed by atoms with Crippen molar-refractivity contribution in [3.63, 3.8) is 0 Å². The standard InChI is InChI=1S/C16H18O2.C15H12Br4O2/c1-3-16(2,12-4-8-14(17)9-5-12)13-6-10-15(18)11-7-13;1-15(2,7-3-9(16)13(20)10(17)4-7)8-5-11(18)14(21)12(19)6-8/h4-11,17-18H,3H2,1-2H3;3-6,20-21H,1-2H3. The van der Waals surface area contributed by atoms with Crippen molar-refractivity contribution >= 4 is 63.7 Å². The molecule has 4 aromatic rings. The Morgan fingerprint density at radius 2 is 0.795 bits per heavy atom. The molecule has 39 heavy (non-hydrogen) atoms. The van der Waals surface area contributed by atoms with Gasteiger partial charge in [-0.2, -0.15) is 0 Å². The molecule has 206 valence electrons. The molecule has 0 amide bonds. The van der Waals surface area contributed by atoms with Gasteiger partial charge in [0.25, 0.3) is 0 Å². The summed E-state index contributed by atoms with van der Waals surface area (Å²) >= 11 is 13.5. The van der Waals surface area contributed by atoms with E-state index in [-0.39, 0.29) is 33.8 Å². The predicted octanol–water partition coefficient (Wildman–Crippen LogP) is 10.3. The van der Waals surface area contributed by atoms with Crippen molar-refractivity contribution in [2.75, 3.05) is 0 Å². The first-order chi connectivity index (χ1) is 18.2. The molecule has 0 unspecified atom stereocenters. The second kappa shape index (κ2) is 12.7. The second-order valence-electron chi connectivity index (χ2n) is 9.98. The molecule has 0 fully saturated rings. The molecule has 4 N–H and O–H groups in total. The number of rotatable bonds is 5. The van der Waals surface area contributed by atoms with Crippen molar-refractivity contribution in [2.45, 2.75) is 44.9 Å². The average molecular weight is 786 g/mol. The SMILES string of the molecule is CC(C)(c1cc(Br)c(O)c(Br)c1)c1cc(Br)c(O)c(Br)c1.CCC(C)(c1ccc(O)cc1)c1ccc(O)cc1. The molecule has 0 aliphatic heterocycles. The molecule has 4 rings (SSSR count). The summed E-state index contributed by atoms with van der Waals surface area (Å²) in [6, 6.07) is 22.2. The zero-order valence-electron chi connectivity index (χ0n) is 21.9. The van der Waals surface area contributed by atoms with Gasteiger partial charge in [0.05, 0.1) is 17.9 Å². The van der Waals surface area contributed by atoms with Crippen LogP contribution in [0.4, 0.5) is 0 Å². The minimum Gasteiger partial charge on any atom is -0.508 e. The van der Waals surface area contributed by atoms with Crippen molar-refractivity contribution in [3.05, 3.63) is 113 Å². The van der Waals surface area contributed by atoms with Crippen LogP contribution in [0.5, 0.6) is 23.0 Å². The van der Waals surface area contributed by atoms with Gasteiger partial charge in [0.15, 0.2) is 0 Å². The summed E-state index contributed by atoms with van der Waals surface area (Å²) in [5.41, 5.74) is 3.97. The van der Waals surface area contributed by atoms with Gasteiger partial charge in [-0.25, -0.2) is 0 Å². The molecule has 0 saturated carbocycles. The number of aromatic hydroxyl groups is 4. The first kappa shape index (κ1) is 31.5. The number of phenols is 4. The normalized spacial score (nSPS) is 11.6. The zero-order chi connectivity index (χ0) is 29.1. The Morgan fingerprint density at radius 1 is 0.513 bits per heavy atom. The lowest BCUT2D eigenvalue weighted by Crippen LogP contribution is -2.22. The van der Waals surface area contributed by atoms with Gasteiger partial charge in [0.1, 0.15) is 23.0 Å². The van der Waals surface area contributed by atoms with Crippen LogP contribution in [0.3, 0.4) is 0 Å². The maximum Gasteiger partial charge on any atom is 0.143 e. The summed E-state index contributed by atoms with van der Waals surface area (Å²) in [7, 11) is 0. The molecular weight excluding hydrogens is 756 g/mol. The molecular formula is C31H30Br4O4. The second-order valence-corrected chi connectivity index (χ2v) is 13.4. The third-order valence-electron chi connectivity index (χ3n) is 7.19. The van der Waals surface area contributed by atoms with E-state index in [2.05, 4.69) is 91.4 Å². The molecule has 0 bridgehead atoms. The summed E-state index contributed by atoms with van der Waals surface area (Å²) in [6.07, 6.45) is 0.947. The van der Waals surface area contributed by atoms with E-state index in [0.717, 1.165) is 28.7 Å². The minimum atomic E-state index is -0.308. The summed E-state index contributed by atoms with van der Waals surface area (Å²) in [6.45, 7) is 8.48. The summed E-state index contributed by atoms with van der Waals surface area (Å²) in [4.78, 5) is 0. The average Bonchev–Trinajstić information content (AvgIpc) is 2.90. The molecule has 0 atom stereocenters. The van der Waals surface area contributed by atoms with Gasteiger partial charge in [-0.15, -0.1) is 0 Å². The highest BCUT2D eigenvalue weighted by Gasteiger charge is 2.28. The highest BCUT2D eigenvalue weighted by molar-refractivity contribution is 9.11. The third-order valence-corrected chi connectivity index (χ3v) is 9.61. The first-order valence-corrected chi connectivity index (χ1v) is 15.3. The molecule has 0 aliphatic carbocycles. The molecule has 8 heteroatoms. The molecule has 0 radical (unpaired) electrons. The van der Waals surface area contributed by atoms with E-state index in [4.69, 9.17) is 0 Å². The Labute approximate surface area is 263 Å². The number of hydrogen-bond acceptors (Lipinski definition) is 4. The van der Waals surface area contributed by atoms with E-state index in [0.29, 0.717) is 17.9 Å². The van der Waals surface area contributed by atoms with Crippen LogP contribution in [0.1, 0.15) is 56.4 Å². The van der Waals surface area contributed by atoms with Crippen molar-refractivity contribution < 1.29 is 20.4 Å². The van der Waals surface area contributed by atoms with Crippen LogP contribution in [0, 0.1) is 0 Å². The lowest BCUT2D eigenvalue weighted by molar-refractivity contribution is 0.466. The van der Waals surface area contributed by atoms with E-state index in [9.17, 15) is 20.4 Å². The van der Waals surface area contributed by atoms with Crippen LogP contribution in [0.2, 0.25) is 0 Å². The number of benzene rings is 4. The number of phenolic OH excluding ortho intramolecular Hbond substituents is 4. The van der Waals surface area contributed by atoms with E-state index in [1.807, 2.05) is 48.5 Å². The van der Waals surface area contributed by atoms with Crippen LogP contribution in [-0.4, -0.2) is 20.4 Å². The number of hydrogen-bond donors (Lipinski definition) is 4. The van der Waals surface area contributed by atoms with Gasteiger partial charge in [-0.1, -0.05) is 52.0 Å². The summed E-state index contributed by atoms with van der Waals surface area (Å²) < 4.78 is 2.54. The van der Waals surface area contributed by atoms with Crippen molar-refractivity contribution in [2.24, 2.45) is 0 Å². The molecule has 4 aromatic carbocycles. The Kier molecular flexibility index (Phi) is 10.2. The van der Waals surface area contributed by atoms with Crippen molar-refractivity contribution in [1.29, 1.82) is 0 Å². The highest BCUT2D eigenvalue weighted by atomic mass is 79.9. The van der Waals surface area contributed by atoms with Gasteiger partial charge in [-0.3, -0.25) is 0 Å². The topological polar surface area (TPSA) is 80.9 Å². The van der Waals surface area contributed by atoms with Gasteiger partial charge >= 0.3 is 0 Å². The van der Waals surface area contributed by atoms with Crippen LogP contribution >= 0.6 is 63.7 Å². The molecule has 0 saturated heterocycles. The van der Waals surface area contributed by atoms with E-state index >= 15 is 0 Å². The predicted molar refractivity (Wildman–Crippen MR) is 172 cm³/mol. The Balaban J connectivity index is 0.000000218. The van der Waals surface area contributed by atoms with E-state index < -0.39 is 0 Å². The summed E-state index contributed by atoms with van der Waals surface area (Å²) in [5.74, 6) is 0.927. The molecule has 0 aromatic heterocycles.